The van der Waals surface area contributed by atoms with Gasteiger partial charge in [0.2, 0.25) is 0 Å². The van der Waals surface area contributed by atoms with Crippen LogP contribution >= 0.6 is 0 Å². The lowest BCUT2D eigenvalue weighted by molar-refractivity contribution is 0.211. The van der Waals surface area contributed by atoms with Crippen molar-refractivity contribution < 1.29 is 5.11 Å². The summed E-state index contributed by atoms with van der Waals surface area (Å²) in [4.78, 5) is 0. The molecule has 0 fully saturated rings. The number of hydrogen-bond acceptors (Lipinski definition) is 3. The van der Waals surface area contributed by atoms with Gasteiger partial charge in [0, 0.05) is 0 Å². The average Bonchev–Trinajstić information content (AvgIpc) is 2.99. The number of rotatable bonds is 3. The summed E-state index contributed by atoms with van der Waals surface area (Å²) in [5.41, 5.74) is 4.60. The molecule has 0 radical (unpaired) electrons. The SMILES string of the molecule is Cc1ccc(C)c(C(O)c2cnnn2-c2ccccc2)c1. The first-order valence-electron chi connectivity index (χ1n) is 6.88. The van der Waals surface area contributed by atoms with E-state index in [1.807, 2.05) is 62.4 Å². The summed E-state index contributed by atoms with van der Waals surface area (Å²) in [5.74, 6) is 0. The molecule has 106 valence electrons. The highest BCUT2D eigenvalue weighted by Crippen LogP contribution is 2.26. The van der Waals surface area contributed by atoms with Crippen LogP contribution in [-0.4, -0.2) is 20.1 Å². The van der Waals surface area contributed by atoms with Gasteiger partial charge in [-0.25, -0.2) is 4.68 Å². The van der Waals surface area contributed by atoms with Crippen molar-refractivity contribution in [2.45, 2.75) is 20.0 Å². The Balaban J connectivity index is 2.06. The molecule has 4 nitrogen and oxygen atoms in total. The van der Waals surface area contributed by atoms with Gasteiger partial charge in [-0.1, -0.05) is 47.2 Å². The molecule has 0 bridgehead atoms. The maximum absolute atomic E-state index is 10.7. The van der Waals surface area contributed by atoms with Gasteiger partial charge in [0.25, 0.3) is 0 Å². The summed E-state index contributed by atoms with van der Waals surface area (Å²) in [5, 5.41) is 18.8. The van der Waals surface area contributed by atoms with Crippen molar-refractivity contribution >= 4 is 0 Å². The Morgan fingerprint density at radius 1 is 1.05 bits per heavy atom. The van der Waals surface area contributed by atoms with Gasteiger partial charge in [-0.3, -0.25) is 0 Å². The number of aliphatic hydroxyl groups excluding tert-OH is 1. The molecule has 4 heteroatoms. The predicted molar refractivity (Wildman–Crippen MR) is 81.3 cm³/mol. The molecule has 0 spiro atoms. The van der Waals surface area contributed by atoms with Gasteiger partial charge >= 0.3 is 0 Å². The molecule has 1 unspecified atom stereocenters. The highest BCUT2D eigenvalue weighted by Gasteiger charge is 2.19. The van der Waals surface area contributed by atoms with E-state index in [1.165, 1.54) is 0 Å². The van der Waals surface area contributed by atoms with Crippen molar-refractivity contribution in [3.05, 3.63) is 77.1 Å². The lowest BCUT2D eigenvalue weighted by Gasteiger charge is -2.15. The topological polar surface area (TPSA) is 50.9 Å². The Kier molecular flexibility index (Phi) is 3.54. The second-order valence-electron chi connectivity index (χ2n) is 5.17. The van der Waals surface area contributed by atoms with Gasteiger partial charge in [0.1, 0.15) is 6.10 Å². The molecule has 0 saturated heterocycles. The fraction of sp³-hybridized carbons (Fsp3) is 0.176. The monoisotopic (exact) mass is 279 g/mol. The van der Waals surface area contributed by atoms with Crippen LogP contribution in [0.3, 0.4) is 0 Å². The van der Waals surface area contributed by atoms with E-state index >= 15 is 0 Å². The second kappa shape index (κ2) is 5.50. The first kappa shape index (κ1) is 13.5. The summed E-state index contributed by atoms with van der Waals surface area (Å²) in [7, 11) is 0. The molecule has 3 aromatic rings. The van der Waals surface area contributed by atoms with E-state index in [0.29, 0.717) is 5.69 Å². The van der Waals surface area contributed by atoms with Gasteiger partial charge in [0.15, 0.2) is 0 Å². The quantitative estimate of drug-likeness (QED) is 0.802. The summed E-state index contributed by atoms with van der Waals surface area (Å²) < 4.78 is 1.67. The Morgan fingerprint density at radius 3 is 2.57 bits per heavy atom. The van der Waals surface area contributed by atoms with Crippen LogP contribution in [0.2, 0.25) is 0 Å². The molecule has 0 saturated carbocycles. The Morgan fingerprint density at radius 2 is 1.81 bits per heavy atom. The van der Waals surface area contributed by atoms with Crippen molar-refractivity contribution in [3.8, 4) is 5.69 Å². The maximum atomic E-state index is 10.7. The Hall–Kier alpha value is -2.46. The molecule has 1 aromatic heterocycles. The summed E-state index contributed by atoms with van der Waals surface area (Å²) in [6.07, 6.45) is 0.861. The summed E-state index contributed by atoms with van der Waals surface area (Å²) >= 11 is 0. The van der Waals surface area contributed by atoms with Crippen molar-refractivity contribution in [2.75, 3.05) is 0 Å². The minimum Gasteiger partial charge on any atom is -0.382 e. The van der Waals surface area contributed by atoms with E-state index in [4.69, 9.17) is 0 Å². The molecule has 1 heterocycles. The number of para-hydroxylation sites is 1. The smallest absolute Gasteiger partial charge is 0.123 e. The molecular formula is C17H17N3O. The largest absolute Gasteiger partial charge is 0.382 e. The lowest BCUT2D eigenvalue weighted by Crippen LogP contribution is -2.10. The zero-order valence-electron chi connectivity index (χ0n) is 12.1. The minimum atomic E-state index is -0.750. The van der Waals surface area contributed by atoms with E-state index in [1.54, 1.807) is 10.9 Å². The zero-order chi connectivity index (χ0) is 14.8. The van der Waals surface area contributed by atoms with Crippen LogP contribution in [0.25, 0.3) is 5.69 Å². The van der Waals surface area contributed by atoms with Crippen molar-refractivity contribution in [1.82, 2.24) is 15.0 Å². The van der Waals surface area contributed by atoms with Crippen LogP contribution in [0.15, 0.2) is 54.7 Å². The van der Waals surface area contributed by atoms with E-state index in [-0.39, 0.29) is 0 Å². The number of hydrogen-bond donors (Lipinski definition) is 1. The van der Waals surface area contributed by atoms with E-state index in [2.05, 4.69) is 10.3 Å². The van der Waals surface area contributed by atoms with E-state index < -0.39 is 6.10 Å². The number of aryl methyl sites for hydroxylation is 2. The van der Waals surface area contributed by atoms with Gasteiger partial charge in [-0.15, -0.1) is 5.10 Å². The molecule has 2 aromatic carbocycles. The molecule has 3 rings (SSSR count). The lowest BCUT2D eigenvalue weighted by atomic mass is 9.99. The van der Waals surface area contributed by atoms with Crippen LogP contribution in [-0.2, 0) is 0 Å². The molecular weight excluding hydrogens is 262 g/mol. The zero-order valence-corrected chi connectivity index (χ0v) is 12.1. The fourth-order valence-corrected chi connectivity index (χ4v) is 2.41. The minimum absolute atomic E-state index is 0.662. The van der Waals surface area contributed by atoms with Gasteiger partial charge in [-0.05, 0) is 37.1 Å². The highest BCUT2D eigenvalue weighted by molar-refractivity contribution is 5.38. The first-order chi connectivity index (χ1) is 10.2. The predicted octanol–water partition coefficient (Wildman–Crippen LogP) is 2.97. The van der Waals surface area contributed by atoms with Crippen LogP contribution in [0.5, 0.6) is 0 Å². The second-order valence-corrected chi connectivity index (χ2v) is 5.17. The third-order valence-corrected chi connectivity index (χ3v) is 3.59. The third kappa shape index (κ3) is 2.58. The van der Waals surface area contributed by atoms with Gasteiger partial charge < -0.3 is 5.11 Å². The first-order valence-corrected chi connectivity index (χ1v) is 6.88. The summed E-state index contributed by atoms with van der Waals surface area (Å²) in [6, 6.07) is 15.8. The molecule has 1 atom stereocenters. The molecule has 0 aliphatic heterocycles. The molecule has 0 amide bonds. The number of aromatic nitrogens is 3. The number of benzene rings is 2. The number of nitrogens with zero attached hydrogens (tertiary/aromatic N) is 3. The maximum Gasteiger partial charge on any atom is 0.123 e. The van der Waals surface area contributed by atoms with Crippen LogP contribution in [0.4, 0.5) is 0 Å². The van der Waals surface area contributed by atoms with Crippen LogP contribution < -0.4 is 0 Å². The fourth-order valence-electron chi connectivity index (χ4n) is 2.41. The summed E-state index contributed by atoms with van der Waals surface area (Å²) in [6.45, 7) is 4.01. The van der Waals surface area contributed by atoms with Crippen molar-refractivity contribution in [1.29, 1.82) is 0 Å². The normalized spacial score (nSPS) is 12.3. The van der Waals surface area contributed by atoms with Gasteiger partial charge in [0.05, 0.1) is 17.6 Å². The van der Waals surface area contributed by atoms with Crippen LogP contribution in [0.1, 0.15) is 28.5 Å². The highest BCUT2D eigenvalue weighted by atomic mass is 16.3. The Bertz CT molecular complexity index is 750. The van der Waals surface area contributed by atoms with Crippen molar-refractivity contribution in [2.24, 2.45) is 0 Å². The average molecular weight is 279 g/mol. The molecule has 21 heavy (non-hydrogen) atoms. The Labute approximate surface area is 123 Å². The van der Waals surface area contributed by atoms with E-state index in [9.17, 15) is 5.11 Å². The molecule has 0 aliphatic carbocycles. The van der Waals surface area contributed by atoms with Crippen molar-refractivity contribution in [3.63, 3.8) is 0 Å². The van der Waals surface area contributed by atoms with Crippen LogP contribution in [0, 0.1) is 13.8 Å². The molecule has 1 N–H and O–H groups in total. The van der Waals surface area contributed by atoms with E-state index in [0.717, 1.165) is 22.4 Å². The molecule has 0 aliphatic rings. The number of aliphatic hydroxyl groups is 1. The van der Waals surface area contributed by atoms with Gasteiger partial charge in [-0.2, -0.15) is 0 Å². The standard InChI is InChI=1S/C17H17N3O/c1-12-8-9-13(2)15(10-12)17(21)16-11-18-19-20(16)14-6-4-3-5-7-14/h3-11,17,21H,1-2H3. The third-order valence-electron chi connectivity index (χ3n) is 3.59.